The average molecular weight is 729 g/mol. The van der Waals surface area contributed by atoms with Gasteiger partial charge in [-0.15, -0.1) is 0 Å². The van der Waals surface area contributed by atoms with E-state index in [4.69, 9.17) is 18.9 Å². The number of benzene rings is 1. The number of pyridine rings is 1. The van der Waals surface area contributed by atoms with E-state index < -0.39 is 82.3 Å². The Morgan fingerprint density at radius 1 is 1.00 bits per heavy atom. The summed E-state index contributed by atoms with van der Waals surface area (Å²) in [6, 6.07) is 8.07. The van der Waals surface area contributed by atoms with Crippen LogP contribution in [-0.2, 0) is 36.5 Å². The fraction of sp³-hybridized carbons (Fsp3) is 0.500. The fourth-order valence-corrected chi connectivity index (χ4v) is 4.64. The fourth-order valence-electron chi connectivity index (χ4n) is 4.12. The number of alkyl halides is 6. The van der Waals surface area contributed by atoms with Crippen LogP contribution in [0.1, 0.15) is 61.6 Å². The normalized spacial score (nSPS) is 15.6. The summed E-state index contributed by atoms with van der Waals surface area (Å²) in [5.41, 5.74) is -3.99. The van der Waals surface area contributed by atoms with Gasteiger partial charge in [0.15, 0.2) is 12.0 Å². The van der Waals surface area contributed by atoms with E-state index in [2.05, 4.69) is 20.9 Å². The molecular formula is C28H31BrF6N4O7. The smallest absolute Gasteiger partial charge is 0.426 e. The predicted molar refractivity (Wildman–Crippen MR) is 152 cm³/mol. The summed E-state index contributed by atoms with van der Waals surface area (Å²) >= 11 is 2.61. The number of nitrogens with one attached hydrogen (secondary N) is 3. The SMILES string of the molecule is CC(C)(C)OC(=O)Nc1cc(C(F)(F)F)c(Br)nc1C(=O)NNC(=O)C(CCCC1OCCO1)(OCc1ccccc1)C(F)(F)F. The molecule has 2 aromatic rings. The van der Waals surface area contributed by atoms with Crippen molar-refractivity contribution >= 4 is 39.5 Å². The monoisotopic (exact) mass is 728 g/mol. The lowest BCUT2D eigenvalue weighted by atomic mass is 9.94. The number of carbonyl (C=O) groups excluding carboxylic acids is 3. The van der Waals surface area contributed by atoms with Gasteiger partial charge in [-0.05, 0) is 67.6 Å². The summed E-state index contributed by atoms with van der Waals surface area (Å²) in [7, 11) is 0. The molecule has 1 aliphatic rings. The number of ether oxygens (including phenoxy) is 4. The Balaban J connectivity index is 1.89. The van der Waals surface area contributed by atoms with Crippen LogP contribution in [0.15, 0.2) is 41.0 Å². The zero-order chi connectivity index (χ0) is 34.3. The topological polar surface area (TPSA) is 137 Å². The Morgan fingerprint density at radius 3 is 2.20 bits per heavy atom. The Kier molecular flexibility index (Phi) is 12.0. The van der Waals surface area contributed by atoms with Gasteiger partial charge in [-0.3, -0.25) is 25.8 Å². The molecule has 1 aromatic heterocycles. The molecule has 11 nitrogen and oxygen atoms in total. The third-order valence-electron chi connectivity index (χ3n) is 6.23. The quantitative estimate of drug-likeness (QED) is 0.153. The van der Waals surface area contributed by atoms with Crippen molar-refractivity contribution < 1.29 is 59.7 Å². The number of nitrogens with zero attached hydrogens (tertiary/aromatic N) is 1. The van der Waals surface area contributed by atoms with Gasteiger partial charge in [-0.1, -0.05) is 30.3 Å². The molecule has 46 heavy (non-hydrogen) atoms. The molecule has 0 spiro atoms. The van der Waals surface area contributed by atoms with Gasteiger partial charge in [0.2, 0.25) is 5.60 Å². The maximum absolute atomic E-state index is 14.7. The van der Waals surface area contributed by atoms with E-state index in [1.54, 1.807) is 29.1 Å². The summed E-state index contributed by atoms with van der Waals surface area (Å²) in [6.45, 7) is 4.28. The van der Waals surface area contributed by atoms with Gasteiger partial charge in [0, 0.05) is 0 Å². The zero-order valence-electron chi connectivity index (χ0n) is 24.7. The maximum atomic E-state index is 14.7. The predicted octanol–water partition coefficient (Wildman–Crippen LogP) is 6.03. The molecule has 1 atom stereocenters. The van der Waals surface area contributed by atoms with Crippen LogP contribution in [-0.4, -0.2) is 59.8 Å². The Hall–Kier alpha value is -3.48. The molecule has 254 valence electrons. The number of hydrogen-bond donors (Lipinski definition) is 3. The van der Waals surface area contributed by atoms with Gasteiger partial charge >= 0.3 is 18.4 Å². The van der Waals surface area contributed by atoms with Crippen LogP contribution < -0.4 is 16.2 Å². The first-order chi connectivity index (χ1) is 21.3. The Labute approximate surface area is 267 Å². The molecule has 2 heterocycles. The van der Waals surface area contributed by atoms with Crippen LogP contribution in [0.5, 0.6) is 0 Å². The molecule has 1 unspecified atom stereocenters. The first kappa shape index (κ1) is 37.0. The number of hydrazine groups is 1. The molecule has 1 saturated heterocycles. The van der Waals surface area contributed by atoms with Crippen molar-refractivity contribution in [1.29, 1.82) is 0 Å². The van der Waals surface area contributed by atoms with Crippen LogP contribution in [0.2, 0.25) is 0 Å². The van der Waals surface area contributed by atoms with Crippen LogP contribution in [0.3, 0.4) is 0 Å². The summed E-state index contributed by atoms with van der Waals surface area (Å²) in [4.78, 5) is 42.2. The van der Waals surface area contributed by atoms with Crippen molar-refractivity contribution in [2.24, 2.45) is 0 Å². The number of hydrogen-bond acceptors (Lipinski definition) is 8. The van der Waals surface area contributed by atoms with Crippen molar-refractivity contribution in [3.63, 3.8) is 0 Å². The molecule has 0 bridgehead atoms. The highest BCUT2D eigenvalue weighted by Crippen LogP contribution is 2.40. The Morgan fingerprint density at radius 2 is 1.63 bits per heavy atom. The highest BCUT2D eigenvalue weighted by molar-refractivity contribution is 9.10. The second kappa shape index (κ2) is 15.0. The number of halogens is 7. The summed E-state index contributed by atoms with van der Waals surface area (Å²) in [5, 5.41) is 1.98. The largest absolute Gasteiger partial charge is 0.444 e. The summed E-state index contributed by atoms with van der Waals surface area (Å²) in [5.74, 6) is -3.30. The molecule has 3 amide bonds. The van der Waals surface area contributed by atoms with E-state index in [1.165, 1.54) is 32.9 Å². The van der Waals surface area contributed by atoms with E-state index in [0.29, 0.717) is 11.6 Å². The lowest BCUT2D eigenvalue weighted by Crippen LogP contribution is -2.61. The molecule has 18 heteroatoms. The molecule has 0 saturated carbocycles. The lowest BCUT2D eigenvalue weighted by Gasteiger charge is -2.34. The van der Waals surface area contributed by atoms with Crippen molar-refractivity contribution in [2.75, 3.05) is 18.5 Å². The van der Waals surface area contributed by atoms with Gasteiger partial charge in [0.05, 0.1) is 31.1 Å². The van der Waals surface area contributed by atoms with E-state index >= 15 is 0 Å². The van der Waals surface area contributed by atoms with Crippen LogP contribution in [0.25, 0.3) is 0 Å². The third-order valence-corrected chi connectivity index (χ3v) is 6.84. The molecule has 1 aliphatic heterocycles. The molecule has 3 rings (SSSR count). The van der Waals surface area contributed by atoms with Crippen molar-refractivity contribution in [2.45, 2.75) is 76.5 Å². The molecule has 3 N–H and O–H groups in total. The van der Waals surface area contributed by atoms with Gasteiger partial charge in [-0.25, -0.2) is 9.78 Å². The Bertz CT molecular complexity index is 1380. The average Bonchev–Trinajstić information content (AvgIpc) is 3.46. The summed E-state index contributed by atoms with van der Waals surface area (Å²) in [6.07, 6.45) is -13.5. The number of carbonyl (C=O) groups is 3. The zero-order valence-corrected chi connectivity index (χ0v) is 26.3. The minimum absolute atomic E-state index is 0.00460. The number of amides is 3. The number of anilines is 1. The molecule has 1 aromatic carbocycles. The van der Waals surface area contributed by atoms with E-state index in [0.717, 1.165) is 0 Å². The minimum Gasteiger partial charge on any atom is -0.444 e. The van der Waals surface area contributed by atoms with Gasteiger partial charge < -0.3 is 18.9 Å². The molecule has 1 fully saturated rings. The van der Waals surface area contributed by atoms with Gasteiger partial charge in [0.1, 0.15) is 10.2 Å². The van der Waals surface area contributed by atoms with Crippen molar-refractivity contribution in [1.82, 2.24) is 15.8 Å². The first-order valence-electron chi connectivity index (χ1n) is 13.7. The number of rotatable bonds is 10. The van der Waals surface area contributed by atoms with Crippen molar-refractivity contribution in [3.8, 4) is 0 Å². The van der Waals surface area contributed by atoms with E-state index in [9.17, 15) is 40.7 Å². The highest BCUT2D eigenvalue weighted by Gasteiger charge is 2.61. The van der Waals surface area contributed by atoms with Gasteiger partial charge in [0.25, 0.3) is 11.8 Å². The second-order valence-electron chi connectivity index (χ2n) is 10.9. The van der Waals surface area contributed by atoms with Crippen LogP contribution >= 0.6 is 15.9 Å². The standard InChI is InChI=1S/C28H31BrF6N4O7/c1-25(2,3)46-24(42)36-18-14-17(27(30,31)32)21(29)37-20(18)22(40)38-39-23(41)26(28(33,34)35,11-7-10-19-43-12-13-44-19)45-15-16-8-5-4-6-9-16/h4-6,8-9,14,19H,7,10-13,15H2,1-3H3,(H,36,42)(H,38,40)(H,39,41). The first-order valence-corrected chi connectivity index (χ1v) is 14.5. The maximum Gasteiger partial charge on any atom is 0.426 e. The number of aromatic nitrogens is 1. The van der Waals surface area contributed by atoms with Gasteiger partial charge in [-0.2, -0.15) is 26.3 Å². The minimum atomic E-state index is -5.31. The molecule has 0 radical (unpaired) electrons. The molecular weight excluding hydrogens is 698 g/mol. The van der Waals surface area contributed by atoms with E-state index in [1.807, 2.05) is 5.32 Å². The second-order valence-corrected chi connectivity index (χ2v) is 11.7. The highest BCUT2D eigenvalue weighted by atomic mass is 79.9. The lowest BCUT2D eigenvalue weighted by molar-refractivity contribution is -0.274. The van der Waals surface area contributed by atoms with Crippen LogP contribution in [0, 0.1) is 0 Å². The van der Waals surface area contributed by atoms with Crippen molar-refractivity contribution in [3.05, 3.63) is 57.8 Å². The van der Waals surface area contributed by atoms with E-state index in [-0.39, 0.29) is 26.1 Å². The van der Waals surface area contributed by atoms with Crippen LogP contribution in [0.4, 0.5) is 36.8 Å². The summed E-state index contributed by atoms with van der Waals surface area (Å²) < 4.78 is 105. The molecule has 0 aliphatic carbocycles. The third kappa shape index (κ3) is 10.0.